The molecule has 1 saturated heterocycles. The zero-order valence-corrected chi connectivity index (χ0v) is 26.6. The number of aromatic hydroxyl groups is 1. The maximum Gasteiger partial charge on any atom is 0.308 e. The number of ether oxygens (including phenoxy) is 3. The van der Waals surface area contributed by atoms with Crippen LogP contribution in [0, 0.1) is 0 Å². The summed E-state index contributed by atoms with van der Waals surface area (Å²) in [5.41, 5.74) is 1.67. The van der Waals surface area contributed by atoms with Crippen molar-refractivity contribution in [2.75, 3.05) is 0 Å². The van der Waals surface area contributed by atoms with Gasteiger partial charge in [0.25, 0.3) is 0 Å². The highest BCUT2D eigenvalue weighted by Crippen LogP contribution is 2.44. The average Bonchev–Trinajstić information content (AvgIpc) is 3.09. The molecule has 0 spiro atoms. The molecule has 1 aliphatic heterocycles. The van der Waals surface area contributed by atoms with Crippen LogP contribution in [-0.4, -0.2) is 73.8 Å². The van der Waals surface area contributed by atoms with Crippen LogP contribution in [0.2, 0.25) is 0 Å². The van der Waals surface area contributed by atoms with E-state index in [0.717, 1.165) is 5.56 Å². The van der Waals surface area contributed by atoms with Crippen LogP contribution in [0.25, 0.3) is 12.2 Å². The number of esters is 1. The molecule has 252 valence electrons. The van der Waals surface area contributed by atoms with Gasteiger partial charge in [0.2, 0.25) is 6.29 Å². The second-order valence-corrected chi connectivity index (χ2v) is 12.0. The average molecular weight is 667 g/mol. The quantitative estimate of drug-likeness (QED) is 0.0929. The zero-order chi connectivity index (χ0) is 35.0. The highest BCUT2D eigenvalue weighted by atomic mass is 16.7. The minimum atomic E-state index is -1.71. The molecule has 1 aliphatic carbocycles. The van der Waals surface area contributed by atoms with Gasteiger partial charge in [0.05, 0.1) is 18.3 Å². The summed E-state index contributed by atoms with van der Waals surface area (Å²) >= 11 is 0. The number of phenols is 1. The monoisotopic (exact) mass is 666 g/mol. The summed E-state index contributed by atoms with van der Waals surface area (Å²) in [4.78, 5) is 40.6. The van der Waals surface area contributed by atoms with Crippen molar-refractivity contribution in [3.8, 4) is 17.2 Å². The van der Waals surface area contributed by atoms with Gasteiger partial charge < -0.3 is 39.7 Å². The molecule has 11 nitrogen and oxygen atoms in total. The lowest BCUT2D eigenvalue weighted by molar-refractivity contribution is -0.268. The van der Waals surface area contributed by atoms with Gasteiger partial charge >= 0.3 is 5.97 Å². The van der Waals surface area contributed by atoms with Crippen LogP contribution in [0.4, 0.5) is 0 Å². The number of aliphatic hydroxyl groups excluding tert-OH is 4. The summed E-state index contributed by atoms with van der Waals surface area (Å²) in [6, 6.07) is 20.1. The first kappa shape index (κ1) is 33.7. The van der Waals surface area contributed by atoms with Crippen molar-refractivity contribution < 1.29 is 54.1 Å². The van der Waals surface area contributed by atoms with Gasteiger partial charge in [-0.25, -0.2) is 0 Å². The van der Waals surface area contributed by atoms with Crippen LogP contribution >= 0.6 is 0 Å². The van der Waals surface area contributed by atoms with E-state index in [1.165, 1.54) is 32.0 Å². The number of phenolic OH excluding ortho intramolecular Hbond substituents is 1. The predicted molar refractivity (Wildman–Crippen MR) is 176 cm³/mol. The summed E-state index contributed by atoms with van der Waals surface area (Å²) < 4.78 is 17.1. The zero-order valence-electron chi connectivity index (χ0n) is 26.6. The van der Waals surface area contributed by atoms with E-state index >= 15 is 0 Å². The molecular formula is C38H34O11. The Bertz CT molecular complexity index is 1970. The van der Waals surface area contributed by atoms with Gasteiger partial charge in [-0.05, 0) is 47.9 Å². The topological polar surface area (TPSA) is 180 Å². The lowest BCUT2D eigenvalue weighted by atomic mass is 9.79. The van der Waals surface area contributed by atoms with Crippen LogP contribution < -0.4 is 9.47 Å². The lowest BCUT2D eigenvalue weighted by Crippen LogP contribution is -2.58. The number of hydrogen-bond donors (Lipinski definition) is 5. The number of carbonyl (C=O) groups is 3. The van der Waals surface area contributed by atoms with Crippen molar-refractivity contribution in [2.24, 2.45) is 0 Å². The van der Waals surface area contributed by atoms with Gasteiger partial charge in [-0.1, -0.05) is 60.7 Å². The normalized spacial score (nSPS) is 21.7. The largest absolute Gasteiger partial charge is 0.507 e. The first-order valence-corrected chi connectivity index (χ1v) is 15.6. The number of aliphatic hydroxyl groups is 4. The van der Waals surface area contributed by atoms with Crippen LogP contribution in [-0.2, 0) is 22.6 Å². The standard InChI is InChI=1S/C38H34O11/c1-19-32(41)36(45)37(46)38(47-19)49-29-17-27-31(34(43)26(29)16-22-9-6-10-23(15-22)18-39)33(42)25-13-14-28(48-20(2)40)24(30(25)35(27)44)12-11-21-7-4-3-5-8-21/h3-15,17,19,32,36-39,41,43,45-46H,16,18H2,1-2H3. The predicted octanol–water partition coefficient (Wildman–Crippen LogP) is 3.55. The Hall–Kier alpha value is -5.17. The fourth-order valence-electron chi connectivity index (χ4n) is 6.11. The first-order valence-electron chi connectivity index (χ1n) is 15.6. The maximum absolute atomic E-state index is 14.4. The van der Waals surface area contributed by atoms with Gasteiger partial charge in [0.15, 0.2) is 11.6 Å². The van der Waals surface area contributed by atoms with E-state index in [0.29, 0.717) is 11.1 Å². The van der Waals surface area contributed by atoms with Crippen LogP contribution in [0.1, 0.15) is 73.5 Å². The number of hydrogen-bond acceptors (Lipinski definition) is 11. The number of ketones is 2. The molecule has 0 amide bonds. The van der Waals surface area contributed by atoms with Gasteiger partial charge in [0, 0.05) is 41.2 Å². The summed E-state index contributed by atoms with van der Waals surface area (Å²) in [7, 11) is 0. The van der Waals surface area contributed by atoms with Crippen LogP contribution in [0.5, 0.6) is 17.2 Å². The van der Waals surface area contributed by atoms with Gasteiger partial charge in [-0.15, -0.1) is 0 Å². The second kappa shape index (κ2) is 13.7. The van der Waals surface area contributed by atoms with Gasteiger partial charge in [-0.3, -0.25) is 14.4 Å². The molecule has 0 bridgehead atoms. The summed E-state index contributed by atoms with van der Waals surface area (Å²) in [6.45, 7) is 2.45. The van der Waals surface area contributed by atoms with Gasteiger partial charge in [-0.2, -0.15) is 0 Å². The first-order chi connectivity index (χ1) is 23.5. The fraction of sp³-hybridized carbons (Fsp3) is 0.237. The molecule has 5 unspecified atom stereocenters. The molecule has 2 aliphatic rings. The number of rotatable bonds is 8. The Balaban J connectivity index is 1.52. The molecule has 1 fully saturated rings. The Kier molecular flexibility index (Phi) is 9.46. The van der Waals surface area contributed by atoms with Crippen molar-refractivity contribution >= 4 is 29.7 Å². The van der Waals surface area contributed by atoms with Crippen molar-refractivity contribution in [3.63, 3.8) is 0 Å². The van der Waals surface area contributed by atoms with Crippen LogP contribution in [0.3, 0.4) is 0 Å². The summed E-state index contributed by atoms with van der Waals surface area (Å²) in [5.74, 6) is -2.61. The highest BCUT2D eigenvalue weighted by molar-refractivity contribution is 6.31. The lowest BCUT2D eigenvalue weighted by Gasteiger charge is -2.39. The Morgan fingerprint density at radius 1 is 0.816 bits per heavy atom. The molecule has 5 atom stereocenters. The number of fused-ring (bicyclic) bond motifs is 2. The summed E-state index contributed by atoms with van der Waals surface area (Å²) in [5, 5.41) is 52.8. The minimum Gasteiger partial charge on any atom is -0.507 e. The van der Waals surface area contributed by atoms with E-state index < -0.39 is 54.0 Å². The Labute approximate surface area is 281 Å². The summed E-state index contributed by atoms with van der Waals surface area (Å²) in [6.07, 6.45) is -3.99. The molecule has 5 N–H and O–H groups in total. The molecule has 1 heterocycles. The molecule has 49 heavy (non-hydrogen) atoms. The molecule has 4 aromatic rings. The van der Waals surface area contributed by atoms with E-state index in [1.807, 2.05) is 30.3 Å². The smallest absolute Gasteiger partial charge is 0.308 e. The Morgan fingerprint density at radius 3 is 2.24 bits per heavy atom. The maximum atomic E-state index is 14.4. The SMILES string of the molecule is CC(=O)Oc1ccc2c(c1C=Cc1ccccc1)C(=O)c1cc(OC3OC(C)C(O)C(O)C3O)c(Cc3cccc(CO)c3)c(O)c1C2=O. The van der Waals surface area contributed by atoms with Crippen LogP contribution in [0.15, 0.2) is 72.8 Å². The van der Waals surface area contributed by atoms with Crippen molar-refractivity contribution in [3.05, 3.63) is 123 Å². The molecule has 4 aromatic carbocycles. The third-order valence-electron chi connectivity index (χ3n) is 8.62. The van der Waals surface area contributed by atoms with Crippen molar-refractivity contribution in [1.29, 1.82) is 0 Å². The number of carbonyl (C=O) groups excluding carboxylic acids is 3. The molecule has 6 rings (SSSR count). The molecular weight excluding hydrogens is 632 g/mol. The van der Waals surface area contributed by atoms with E-state index in [1.54, 1.807) is 36.4 Å². The third kappa shape index (κ3) is 6.50. The number of benzene rings is 4. The van der Waals surface area contributed by atoms with E-state index in [-0.39, 0.29) is 57.9 Å². The van der Waals surface area contributed by atoms with Gasteiger partial charge in [0.1, 0.15) is 35.6 Å². The third-order valence-corrected chi connectivity index (χ3v) is 8.62. The molecule has 11 heteroatoms. The van der Waals surface area contributed by atoms with Crippen molar-refractivity contribution in [2.45, 2.75) is 57.6 Å². The second-order valence-electron chi connectivity index (χ2n) is 12.0. The molecule has 0 saturated carbocycles. The van der Waals surface area contributed by atoms with E-state index in [9.17, 15) is 39.9 Å². The fourth-order valence-corrected chi connectivity index (χ4v) is 6.11. The molecule has 0 aromatic heterocycles. The molecule has 0 radical (unpaired) electrons. The van der Waals surface area contributed by atoms with Crippen molar-refractivity contribution in [1.82, 2.24) is 0 Å². The minimum absolute atomic E-state index is 0.0183. The highest BCUT2D eigenvalue weighted by Gasteiger charge is 2.44. The Morgan fingerprint density at radius 2 is 1.53 bits per heavy atom. The van der Waals surface area contributed by atoms with E-state index in [2.05, 4.69) is 0 Å². The van der Waals surface area contributed by atoms with E-state index in [4.69, 9.17) is 14.2 Å².